The van der Waals surface area contributed by atoms with Crippen molar-refractivity contribution in [1.29, 1.82) is 0 Å². The first-order chi connectivity index (χ1) is 8.60. The average molecular weight is 311 g/mol. The van der Waals surface area contributed by atoms with E-state index in [1.54, 1.807) is 10.7 Å². The van der Waals surface area contributed by atoms with E-state index in [0.717, 1.165) is 23.4 Å². The highest BCUT2D eigenvalue weighted by Crippen LogP contribution is 2.24. The molecule has 0 aliphatic rings. The van der Waals surface area contributed by atoms with Crippen molar-refractivity contribution in [2.45, 2.75) is 32.5 Å². The molecule has 1 aromatic heterocycles. The predicted molar refractivity (Wildman–Crippen MR) is 75.0 cm³/mol. The van der Waals surface area contributed by atoms with Crippen molar-refractivity contribution in [2.75, 3.05) is 0 Å². The number of hydrogen-bond donors (Lipinski definition) is 0. The van der Waals surface area contributed by atoms with Gasteiger partial charge in [0.1, 0.15) is 11.5 Å². The molecule has 0 unspecified atom stereocenters. The van der Waals surface area contributed by atoms with Gasteiger partial charge in [-0.2, -0.15) is 5.10 Å². The number of alkyl halides is 1. The lowest BCUT2D eigenvalue weighted by molar-refractivity contribution is 0.605. The van der Waals surface area contributed by atoms with E-state index in [1.807, 2.05) is 19.9 Å². The van der Waals surface area contributed by atoms with Crippen molar-refractivity contribution < 1.29 is 4.39 Å². The Balaban J connectivity index is 2.69. The molecular weight excluding hydrogens is 295 g/mol. The average Bonchev–Trinajstić information content (AvgIpc) is 2.63. The van der Waals surface area contributed by atoms with Gasteiger partial charge in [-0.1, -0.05) is 35.0 Å². The summed E-state index contributed by atoms with van der Waals surface area (Å²) >= 11 is 3.40. The van der Waals surface area contributed by atoms with Crippen LogP contribution in [0.5, 0.6) is 0 Å². The zero-order valence-electron chi connectivity index (χ0n) is 10.8. The molecule has 0 N–H and O–H groups in total. The molecule has 4 heteroatoms. The van der Waals surface area contributed by atoms with E-state index in [4.69, 9.17) is 0 Å². The fourth-order valence-electron chi connectivity index (χ4n) is 2.31. The molecule has 96 valence electrons. The predicted octanol–water partition coefficient (Wildman–Crippen LogP) is 4.09. The maximum Gasteiger partial charge on any atom is 0.149 e. The zero-order valence-corrected chi connectivity index (χ0v) is 12.4. The molecule has 0 saturated carbocycles. The van der Waals surface area contributed by atoms with Gasteiger partial charge in [-0.25, -0.2) is 9.07 Å². The highest BCUT2D eigenvalue weighted by atomic mass is 79.9. The summed E-state index contributed by atoms with van der Waals surface area (Å²) < 4.78 is 15.8. The van der Waals surface area contributed by atoms with Crippen LogP contribution in [-0.4, -0.2) is 9.78 Å². The second kappa shape index (κ2) is 5.22. The fraction of sp³-hybridized carbons (Fsp3) is 0.357. The summed E-state index contributed by atoms with van der Waals surface area (Å²) in [6, 6.07) is 5.11. The molecule has 0 saturated heterocycles. The third-order valence-corrected chi connectivity index (χ3v) is 3.82. The minimum atomic E-state index is -0.236. The van der Waals surface area contributed by atoms with Crippen LogP contribution in [-0.2, 0) is 11.8 Å². The summed E-state index contributed by atoms with van der Waals surface area (Å²) in [5.74, 6) is -0.236. The molecule has 1 aromatic carbocycles. The number of benzene rings is 1. The number of halogens is 2. The van der Waals surface area contributed by atoms with Gasteiger partial charge in [0.15, 0.2) is 0 Å². The molecule has 0 aliphatic carbocycles. The molecule has 0 atom stereocenters. The molecule has 0 amide bonds. The first-order valence-corrected chi connectivity index (χ1v) is 7.11. The maximum atomic E-state index is 14.1. The number of para-hydroxylation sites is 1. The summed E-state index contributed by atoms with van der Waals surface area (Å²) in [5, 5.41) is 5.09. The van der Waals surface area contributed by atoms with Crippen molar-refractivity contribution in [1.82, 2.24) is 9.78 Å². The van der Waals surface area contributed by atoms with E-state index in [-0.39, 0.29) is 5.82 Å². The van der Waals surface area contributed by atoms with E-state index >= 15 is 0 Å². The number of rotatable bonds is 3. The molecule has 18 heavy (non-hydrogen) atoms. The maximum absolute atomic E-state index is 14.1. The molecule has 0 radical (unpaired) electrons. The van der Waals surface area contributed by atoms with Gasteiger partial charge in [-0.3, -0.25) is 0 Å². The second-order valence-electron chi connectivity index (χ2n) is 4.30. The van der Waals surface area contributed by atoms with Crippen molar-refractivity contribution in [3.63, 3.8) is 0 Å². The van der Waals surface area contributed by atoms with Gasteiger partial charge in [-0.15, -0.1) is 0 Å². The van der Waals surface area contributed by atoms with Crippen LogP contribution in [0.1, 0.15) is 29.4 Å². The van der Waals surface area contributed by atoms with Gasteiger partial charge in [0, 0.05) is 11.0 Å². The van der Waals surface area contributed by atoms with Crippen LogP contribution in [0.4, 0.5) is 4.39 Å². The summed E-state index contributed by atoms with van der Waals surface area (Å²) in [6.45, 7) is 6.05. The van der Waals surface area contributed by atoms with Crippen LogP contribution < -0.4 is 0 Å². The number of aryl methyl sites for hydroxylation is 1. The first kappa shape index (κ1) is 13.3. The smallest absolute Gasteiger partial charge is 0.149 e. The van der Waals surface area contributed by atoms with Crippen LogP contribution in [0.25, 0.3) is 5.69 Å². The van der Waals surface area contributed by atoms with Crippen molar-refractivity contribution in [2.24, 2.45) is 0 Å². The summed E-state index contributed by atoms with van der Waals surface area (Å²) in [6.07, 6.45) is 0.912. The normalized spacial score (nSPS) is 10.9. The third kappa shape index (κ3) is 2.09. The Morgan fingerprint density at radius 1 is 1.33 bits per heavy atom. The quantitative estimate of drug-likeness (QED) is 0.781. The molecule has 2 nitrogen and oxygen atoms in total. The van der Waals surface area contributed by atoms with Gasteiger partial charge < -0.3 is 0 Å². The minimum absolute atomic E-state index is 0.236. The second-order valence-corrected chi connectivity index (χ2v) is 4.86. The lowest BCUT2D eigenvalue weighted by Crippen LogP contribution is -2.06. The Labute approximate surface area is 115 Å². The highest BCUT2D eigenvalue weighted by Gasteiger charge is 2.16. The SMILES string of the molecule is CCc1c(C)nn(-c2c(F)cccc2CBr)c1C. The standard InChI is InChI=1S/C14H16BrFN2/c1-4-12-9(2)17-18(10(12)3)14-11(8-15)6-5-7-13(14)16/h5-7H,4,8H2,1-3H3. The Bertz CT molecular complexity index is 575. The van der Waals surface area contributed by atoms with Crippen LogP contribution in [0.2, 0.25) is 0 Å². The lowest BCUT2D eigenvalue weighted by atomic mass is 10.1. The summed E-state index contributed by atoms with van der Waals surface area (Å²) in [5.41, 5.74) is 4.64. The van der Waals surface area contributed by atoms with Crippen LogP contribution >= 0.6 is 15.9 Å². The van der Waals surface area contributed by atoms with Gasteiger partial charge in [-0.05, 0) is 37.5 Å². The van der Waals surface area contributed by atoms with Crippen molar-refractivity contribution >= 4 is 15.9 Å². The van der Waals surface area contributed by atoms with E-state index in [0.29, 0.717) is 11.0 Å². The molecule has 1 heterocycles. The van der Waals surface area contributed by atoms with E-state index < -0.39 is 0 Å². The molecule has 2 aromatic rings. The summed E-state index contributed by atoms with van der Waals surface area (Å²) in [7, 11) is 0. The Kier molecular flexibility index (Phi) is 3.85. The third-order valence-electron chi connectivity index (χ3n) is 3.22. The van der Waals surface area contributed by atoms with E-state index in [9.17, 15) is 4.39 Å². The molecule has 0 aliphatic heterocycles. The minimum Gasteiger partial charge on any atom is -0.234 e. The van der Waals surface area contributed by atoms with Gasteiger partial charge in [0.05, 0.1) is 5.69 Å². The van der Waals surface area contributed by atoms with Gasteiger partial charge in [0.2, 0.25) is 0 Å². The molecule has 0 bridgehead atoms. The Morgan fingerprint density at radius 2 is 2.06 bits per heavy atom. The molecule has 0 fully saturated rings. The Morgan fingerprint density at radius 3 is 2.61 bits per heavy atom. The number of aromatic nitrogens is 2. The van der Waals surface area contributed by atoms with Crippen LogP contribution in [0.3, 0.4) is 0 Å². The van der Waals surface area contributed by atoms with E-state index in [1.165, 1.54) is 11.6 Å². The van der Waals surface area contributed by atoms with Crippen molar-refractivity contribution in [3.8, 4) is 5.69 Å². The number of nitrogens with zero attached hydrogens (tertiary/aromatic N) is 2. The van der Waals surface area contributed by atoms with Gasteiger partial charge in [0.25, 0.3) is 0 Å². The molecular formula is C14H16BrFN2. The van der Waals surface area contributed by atoms with Crippen LogP contribution in [0, 0.1) is 19.7 Å². The Hall–Kier alpha value is -1.16. The molecule has 2 rings (SSSR count). The van der Waals surface area contributed by atoms with Crippen LogP contribution in [0.15, 0.2) is 18.2 Å². The van der Waals surface area contributed by atoms with Gasteiger partial charge >= 0.3 is 0 Å². The first-order valence-electron chi connectivity index (χ1n) is 5.99. The topological polar surface area (TPSA) is 17.8 Å². The molecule has 0 spiro atoms. The monoisotopic (exact) mass is 310 g/mol. The summed E-state index contributed by atoms with van der Waals surface area (Å²) in [4.78, 5) is 0. The van der Waals surface area contributed by atoms with E-state index in [2.05, 4.69) is 28.0 Å². The largest absolute Gasteiger partial charge is 0.234 e. The van der Waals surface area contributed by atoms with Crippen molar-refractivity contribution in [3.05, 3.63) is 46.5 Å². The fourth-order valence-corrected chi connectivity index (χ4v) is 2.76. The number of hydrogen-bond acceptors (Lipinski definition) is 1. The lowest BCUT2D eigenvalue weighted by Gasteiger charge is -2.10. The highest BCUT2D eigenvalue weighted by molar-refractivity contribution is 9.08. The zero-order chi connectivity index (χ0) is 13.3.